The van der Waals surface area contributed by atoms with E-state index in [-0.39, 0.29) is 23.0 Å². The summed E-state index contributed by atoms with van der Waals surface area (Å²) >= 11 is 5.53. The second-order valence-electron chi connectivity index (χ2n) is 3.20. The fourth-order valence-corrected chi connectivity index (χ4v) is 1.45. The molecule has 0 aliphatic carbocycles. The molecule has 0 spiro atoms. The van der Waals surface area contributed by atoms with E-state index in [9.17, 15) is 14.5 Å². The van der Waals surface area contributed by atoms with Crippen molar-refractivity contribution in [3.8, 4) is 11.5 Å². The van der Waals surface area contributed by atoms with Crippen LogP contribution < -0.4 is 0 Å². The summed E-state index contributed by atoms with van der Waals surface area (Å²) < 4.78 is 18.1. The number of hydrogen-bond acceptors (Lipinski definition) is 4. The summed E-state index contributed by atoms with van der Waals surface area (Å²) in [5.74, 6) is -0.504. The first kappa shape index (κ1) is 11.5. The summed E-state index contributed by atoms with van der Waals surface area (Å²) in [5.41, 5.74) is 0.154. The number of hydrogen-bond donors (Lipinski definition) is 0. The molecule has 0 aliphatic heterocycles. The Bertz CT molecular complexity index is 570. The molecule has 1 heterocycles. The van der Waals surface area contributed by atoms with Crippen LogP contribution in [0.1, 0.15) is 5.69 Å². The Balaban J connectivity index is 2.56. The first-order chi connectivity index (χ1) is 8.11. The molecular weight excluding hydrogens is 251 g/mol. The van der Waals surface area contributed by atoms with Crippen molar-refractivity contribution in [3.63, 3.8) is 0 Å². The number of halogens is 2. The van der Waals surface area contributed by atoms with E-state index in [2.05, 4.69) is 4.98 Å². The molecule has 0 fully saturated rings. The Morgan fingerprint density at radius 2 is 2.29 bits per heavy atom. The van der Waals surface area contributed by atoms with Crippen LogP contribution in [0, 0.1) is 15.9 Å². The Kier molecular flexibility index (Phi) is 3.06. The van der Waals surface area contributed by atoms with Gasteiger partial charge in [0.2, 0.25) is 5.89 Å². The van der Waals surface area contributed by atoms with Crippen molar-refractivity contribution in [3.05, 3.63) is 46.1 Å². The normalized spacial score (nSPS) is 10.5. The Morgan fingerprint density at radius 3 is 2.88 bits per heavy atom. The van der Waals surface area contributed by atoms with E-state index in [1.807, 2.05) is 0 Å². The number of alkyl halides is 1. The van der Waals surface area contributed by atoms with Crippen molar-refractivity contribution < 1.29 is 13.7 Å². The number of nitrogens with zero attached hydrogens (tertiary/aromatic N) is 2. The van der Waals surface area contributed by atoms with Gasteiger partial charge >= 0.3 is 0 Å². The van der Waals surface area contributed by atoms with Crippen molar-refractivity contribution in [2.45, 2.75) is 5.88 Å². The van der Waals surface area contributed by atoms with Gasteiger partial charge in [0, 0.05) is 6.07 Å². The highest BCUT2D eigenvalue weighted by molar-refractivity contribution is 6.16. The molecule has 5 nitrogen and oxygen atoms in total. The number of nitro benzene ring substituents is 1. The summed E-state index contributed by atoms with van der Waals surface area (Å²) in [7, 11) is 0. The van der Waals surface area contributed by atoms with Crippen LogP contribution in [0.3, 0.4) is 0 Å². The maximum absolute atomic E-state index is 13.1. The van der Waals surface area contributed by atoms with Gasteiger partial charge in [-0.05, 0) is 12.1 Å². The largest absolute Gasteiger partial charge is 0.444 e. The molecule has 0 saturated heterocycles. The van der Waals surface area contributed by atoms with E-state index < -0.39 is 10.7 Å². The Labute approximate surface area is 100.0 Å². The van der Waals surface area contributed by atoms with Crippen molar-refractivity contribution in [2.75, 3.05) is 0 Å². The molecule has 2 rings (SSSR count). The van der Waals surface area contributed by atoms with E-state index >= 15 is 0 Å². The van der Waals surface area contributed by atoms with Crippen LogP contribution in [0.15, 0.2) is 28.9 Å². The van der Waals surface area contributed by atoms with Crippen LogP contribution in [0.25, 0.3) is 11.5 Å². The van der Waals surface area contributed by atoms with Crippen LogP contribution in [-0.2, 0) is 5.88 Å². The molecule has 17 heavy (non-hydrogen) atoms. The lowest BCUT2D eigenvalue weighted by Gasteiger charge is -1.98. The zero-order chi connectivity index (χ0) is 12.4. The summed E-state index contributed by atoms with van der Waals surface area (Å²) in [6.45, 7) is 0. The number of aromatic nitrogens is 1. The number of nitro groups is 1. The third-order valence-electron chi connectivity index (χ3n) is 2.07. The highest BCUT2D eigenvalue weighted by Gasteiger charge is 2.20. The molecule has 0 amide bonds. The van der Waals surface area contributed by atoms with Gasteiger partial charge < -0.3 is 4.42 Å². The van der Waals surface area contributed by atoms with Crippen LogP contribution in [-0.4, -0.2) is 9.91 Å². The summed E-state index contributed by atoms with van der Waals surface area (Å²) in [6.07, 6.45) is 1.27. The quantitative estimate of drug-likeness (QED) is 0.481. The van der Waals surface area contributed by atoms with Gasteiger partial charge in [0.25, 0.3) is 5.69 Å². The van der Waals surface area contributed by atoms with E-state index in [1.165, 1.54) is 6.26 Å². The zero-order valence-corrected chi connectivity index (χ0v) is 9.15. The summed E-state index contributed by atoms with van der Waals surface area (Å²) in [4.78, 5) is 14.1. The summed E-state index contributed by atoms with van der Waals surface area (Å²) in [5, 5.41) is 10.8. The fraction of sp³-hybridized carbons (Fsp3) is 0.100. The van der Waals surface area contributed by atoms with E-state index in [1.54, 1.807) is 0 Å². The monoisotopic (exact) mass is 256 g/mol. The molecule has 0 radical (unpaired) electrons. The topological polar surface area (TPSA) is 69.2 Å². The Morgan fingerprint density at radius 1 is 1.53 bits per heavy atom. The third-order valence-corrected chi connectivity index (χ3v) is 2.35. The molecule has 2 aromatic rings. The lowest BCUT2D eigenvalue weighted by Crippen LogP contribution is -1.93. The molecule has 0 saturated carbocycles. The average molecular weight is 257 g/mol. The van der Waals surface area contributed by atoms with Crippen LogP contribution in [0.5, 0.6) is 0 Å². The highest BCUT2D eigenvalue weighted by atomic mass is 35.5. The maximum Gasteiger partial charge on any atom is 0.282 e. The van der Waals surface area contributed by atoms with E-state index in [4.69, 9.17) is 16.0 Å². The smallest absolute Gasteiger partial charge is 0.282 e. The second kappa shape index (κ2) is 4.50. The SMILES string of the molecule is O=[N+]([O-])c1ccc(F)cc1-c1nc(CCl)co1. The third kappa shape index (κ3) is 2.26. The standard InChI is InChI=1S/C10H6ClFN2O3/c11-4-7-5-17-10(13-7)8-3-6(12)1-2-9(8)14(15)16/h1-3,5H,4H2. The van der Waals surface area contributed by atoms with Crippen molar-refractivity contribution in [1.82, 2.24) is 4.98 Å². The highest BCUT2D eigenvalue weighted by Crippen LogP contribution is 2.30. The maximum atomic E-state index is 13.1. The average Bonchev–Trinajstić information content (AvgIpc) is 2.76. The lowest BCUT2D eigenvalue weighted by molar-refractivity contribution is -0.384. The second-order valence-corrected chi connectivity index (χ2v) is 3.46. The van der Waals surface area contributed by atoms with Gasteiger partial charge in [-0.15, -0.1) is 11.6 Å². The van der Waals surface area contributed by atoms with Crippen LogP contribution in [0.2, 0.25) is 0 Å². The molecular formula is C10H6ClFN2O3. The lowest BCUT2D eigenvalue weighted by atomic mass is 10.2. The van der Waals surface area contributed by atoms with Crippen molar-refractivity contribution in [1.29, 1.82) is 0 Å². The number of rotatable bonds is 3. The van der Waals surface area contributed by atoms with Crippen LogP contribution in [0.4, 0.5) is 10.1 Å². The van der Waals surface area contributed by atoms with Crippen molar-refractivity contribution >= 4 is 17.3 Å². The molecule has 88 valence electrons. The minimum atomic E-state index is -0.626. The molecule has 0 atom stereocenters. The molecule has 0 aliphatic rings. The van der Waals surface area contributed by atoms with Gasteiger partial charge in [-0.2, -0.15) is 0 Å². The molecule has 7 heteroatoms. The van der Waals surface area contributed by atoms with Crippen LogP contribution >= 0.6 is 11.6 Å². The van der Waals surface area contributed by atoms with E-state index in [0.29, 0.717) is 5.69 Å². The number of benzene rings is 1. The predicted molar refractivity (Wildman–Crippen MR) is 58.1 cm³/mol. The molecule has 0 bridgehead atoms. The first-order valence-electron chi connectivity index (χ1n) is 4.56. The molecule has 0 unspecified atom stereocenters. The number of oxazole rings is 1. The molecule has 1 aromatic carbocycles. The Hall–Kier alpha value is -1.95. The predicted octanol–water partition coefficient (Wildman–Crippen LogP) is 3.13. The molecule has 1 aromatic heterocycles. The minimum absolute atomic E-state index is 0.00799. The van der Waals surface area contributed by atoms with Gasteiger partial charge in [0.05, 0.1) is 16.5 Å². The minimum Gasteiger partial charge on any atom is -0.444 e. The van der Waals surface area contributed by atoms with Gasteiger partial charge in [0.15, 0.2) is 0 Å². The first-order valence-corrected chi connectivity index (χ1v) is 5.10. The molecule has 0 N–H and O–H groups in total. The summed E-state index contributed by atoms with van der Waals surface area (Å²) in [6, 6.07) is 3.07. The van der Waals surface area contributed by atoms with E-state index in [0.717, 1.165) is 18.2 Å². The van der Waals surface area contributed by atoms with Crippen molar-refractivity contribution in [2.24, 2.45) is 0 Å². The zero-order valence-electron chi connectivity index (χ0n) is 8.39. The van der Waals surface area contributed by atoms with Gasteiger partial charge in [-0.3, -0.25) is 10.1 Å². The van der Waals surface area contributed by atoms with Gasteiger partial charge in [-0.25, -0.2) is 9.37 Å². The van der Waals surface area contributed by atoms with Gasteiger partial charge in [0.1, 0.15) is 17.6 Å². The fourth-order valence-electron chi connectivity index (χ4n) is 1.33. The van der Waals surface area contributed by atoms with Gasteiger partial charge in [-0.1, -0.05) is 0 Å².